The molecule has 3 N–H and O–H groups in total. The van der Waals surface area contributed by atoms with Gasteiger partial charge in [0.25, 0.3) is 5.91 Å². The van der Waals surface area contributed by atoms with Gasteiger partial charge in [-0.25, -0.2) is 4.98 Å². The number of hydrogen-bond acceptors (Lipinski definition) is 5. The van der Waals surface area contributed by atoms with Crippen molar-refractivity contribution in [3.8, 4) is 11.3 Å². The average molecular weight is 532 g/mol. The molecule has 2 aromatic heterocycles. The van der Waals surface area contributed by atoms with Gasteiger partial charge >= 0.3 is 0 Å². The van der Waals surface area contributed by atoms with E-state index in [2.05, 4.69) is 31.3 Å². The van der Waals surface area contributed by atoms with Gasteiger partial charge in [-0.1, -0.05) is 74.5 Å². The number of rotatable bonds is 7. The number of carbonyl (C=O) groups excluding carboxylic acids is 2. The molecular weight excluding hydrogens is 502 g/mol. The first-order valence-electron chi connectivity index (χ1n) is 12.8. The van der Waals surface area contributed by atoms with E-state index in [0.717, 1.165) is 27.8 Å². The van der Waals surface area contributed by atoms with Gasteiger partial charge < -0.3 is 11.1 Å². The van der Waals surface area contributed by atoms with Gasteiger partial charge in [0.1, 0.15) is 9.71 Å². The zero-order valence-corrected chi connectivity index (χ0v) is 22.9. The Balaban J connectivity index is 1.29. The maximum absolute atomic E-state index is 13.1. The molecule has 2 heterocycles. The number of nitrogens with two attached hydrogens (primary N) is 1. The van der Waals surface area contributed by atoms with Crippen LogP contribution in [-0.2, 0) is 0 Å². The summed E-state index contributed by atoms with van der Waals surface area (Å²) in [5.41, 5.74) is 13.0. The molecule has 6 heteroatoms. The van der Waals surface area contributed by atoms with Crippen molar-refractivity contribution in [2.75, 3.05) is 11.1 Å². The molecule has 0 radical (unpaired) electrons. The van der Waals surface area contributed by atoms with Crippen LogP contribution in [0, 0.1) is 6.92 Å². The Morgan fingerprint density at radius 2 is 1.64 bits per heavy atom. The first-order chi connectivity index (χ1) is 18.8. The Morgan fingerprint density at radius 3 is 2.31 bits per heavy atom. The van der Waals surface area contributed by atoms with Crippen LogP contribution in [0.2, 0.25) is 0 Å². The second kappa shape index (κ2) is 11.1. The first-order valence-corrected chi connectivity index (χ1v) is 13.6. The predicted octanol–water partition coefficient (Wildman–Crippen LogP) is 8.13. The van der Waals surface area contributed by atoms with E-state index < -0.39 is 0 Å². The minimum Gasteiger partial charge on any atom is -0.397 e. The number of allylic oxidation sites excluding steroid dienone is 1. The number of anilines is 2. The number of aromatic nitrogens is 1. The Labute approximate surface area is 232 Å². The summed E-state index contributed by atoms with van der Waals surface area (Å²) in [5, 5.41) is 3.67. The number of hydrogen-bond donors (Lipinski definition) is 2. The molecule has 0 aliphatic carbocycles. The molecule has 0 unspecified atom stereocenters. The molecule has 0 saturated carbocycles. The standard InChI is InChI=1S/C33H29N3O2S/c1-20(2)23-12-9-22(10-13-23)11-18-28(37)24-14-16-26(17-15-24)35-32(38)31-29(34)27-19-21(3)30(36-33(27)39-31)25-7-5-4-6-8-25/h4-20H,34H2,1-3H3,(H,35,38). The largest absolute Gasteiger partial charge is 0.397 e. The molecule has 0 atom stereocenters. The number of amides is 1. The number of aryl methyl sites for hydroxylation is 1. The van der Waals surface area contributed by atoms with Gasteiger partial charge in [0.15, 0.2) is 5.78 Å². The van der Waals surface area contributed by atoms with Crippen LogP contribution in [0.15, 0.2) is 91.0 Å². The highest BCUT2D eigenvalue weighted by Crippen LogP contribution is 2.36. The molecule has 0 bridgehead atoms. The second-order valence-electron chi connectivity index (χ2n) is 9.77. The fourth-order valence-electron chi connectivity index (χ4n) is 4.36. The Bertz CT molecular complexity index is 1680. The third-order valence-electron chi connectivity index (χ3n) is 6.62. The molecule has 5 aromatic rings. The minimum absolute atomic E-state index is 0.106. The second-order valence-corrected chi connectivity index (χ2v) is 10.8. The highest BCUT2D eigenvalue weighted by molar-refractivity contribution is 7.21. The van der Waals surface area contributed by atoms with Crippen LogP contribution >= 0.6 is 11.3 Å². The molecule has 0 aliphatic rings. The van der Waals surface area contributed by atoms with Gasteiger partial charge in [-0.2, -0.15) is 0 Å². The number of thiophene rings is 1. The van der Waals surface area contributed by atoms with E-state index in [0.29, 0.717) is 32.6 Å². The fourth-order valence-corrected chi connectivity index (χ4v) is 5.34. The first kappa shape index (κ1) is 26.1. The molecular formula is C33H29N3O2S. The van der Waals surface area contributed by atoms with E-state index in [9.17, 15) is 9.59 Å². The number of fused-ring (bicyclic) bond motifs is 1. The summed E-state index contributed by atoms with van der Waals surface area (Å²) in [6.45, 7) is 6.29. The van der Waals surface area contributed by atoms with Gasteiger partial charge in [-0.05, 0) is 65.9 Å². The van der Waals surface area contributed by atoms with Crippen molar-refractivity contribution in [3.05, 3.63) is 118 Å². The summed E-state index contributed by atoms with van der Waals surface area (Å²) in [7, 11) is 0. The van der Waals surface area contributed by atoms with E-state index >= 15 is 0 Å². The van der Waals surface area contributed by atoms with Crippen LogP contribution in [0.1, 0.15) is 56.5 Å². The quantitative estimate of drug-likeness (QED) is 0.164. The van der Waals surface area contributed by atoms with Crippen molar-refractivity contribution in [3.63, 3.8) is 0 Å². The monoisotopic (exact) mass is 531 g/mol. The number of ketones is 1. The lowest BCUT2D eigenvalue weighted by atomic mass is 10.0. The van der Waals surface area contributed by atoms with Crippen LogP contribution < -0.4 is 11.1 Å². The van der Waals surface area contributed by atoms with Crippen LogP contribution in [0.4, 0.5) is 11.4 Å². The summed E-state index contributed by atoms with van der Waals surface area (Å²) < 4.78 is 0. The van der Waals surface area contributed by atoms with E-state index in [-0.39, 0.29) is 11.7 Å². The molecule has 0 fully saturated rings. The molecule has 0 saturated heterocycles. The number of benzene rings is 3. The van der Waals surface area contributed by atoms with Gasteiger partial charge in [-0.3, -0.25) is 9.59 Å². The maximum Gasteiger partial charge on any atom is 0.267 e. The summed E-state index contributed by atoms with van der Waals surface area (Å²) in [4.78, 5) is 31.7. The summed E-state index contributed by atoms with van der Waals surface area (Å²) in [5.74, 6) is 0.0517. The lowest BCUT2D eigenvalue weighted by Crippen LogP contribution is -2.12. The van der Waals surface area contributed by atoms with Crippen molar-refractivity contribution in [2.24, 2.45) is 0 Å². The number of nitrogen functional groups attached to an aromatic ring is 1. The highest BCUT2D eigenvalue weighted by atomic mass is 32.1. The lowest BCUT2D eigenvalue weighted by molar-refractivity contribution is 0.102. The Morgan fingerprint density at radius 1 is 0.949 bits per heavy atom. The molecule has 0 spiro atoms. The molecule has 0 aliphatic heterocycles. The van der Waals surface area contributed by atoms with Crippen LogP contribution in [-0.4, -0.2) is 16.7 Å². The molecule has 1 amide bonds. The topological polar surface area (TPSA) is 85.1 Å². The van der Waals surface area contributed by atoms with Crippen LogP contribution in [0.5, 0.6) is 0 Å². The molecule has 194 valence electrons. The van der Waals surface area contributed by atoms with Gasteiger partial charge in [-0.15, -0.1) is 11.3 Å². The number of carbonyl (C=O) groups is 2. The molecule has 5 rings (SSSR count). The van der Waals surface area contributed by atoms with E-state index in [4.69, 9.17) is 10.7 Å². The summed E-state index contributed by atoms with van der Waals surface area (Å²) in [6, 6.07) is 27.0. The number of nitrogens with zero attached hydrogens (tertiary/aromatic N) is 1. The number of nitrogens with one attached hydrogen (secondary N) is 1. The maximum atomic E-state index is 13.1. The minimum atomic E-state index is -0.307. The average Bonchev–Trinajstić information content (AvgIpc) is 3.27. The van der Waals surface area contributed by atoms with Crippen molar-refractivity contribution in [1.29, 1.82) is 0 Å². The smallest absolute Gasteiger partial charge is 0.267 e. The summed E-state index contributed by atoms with van der Waals surface area (Å²) in [6.07, 6.45) is 3.37. The molecule has 3 aromatic carbocycles. The van der Waals surface area contributed by atoms with E-state index in [1.807, 2.05) is 61.5 Å². The Kier molecular flexibility index (Phi) is 7.39. The zero-order valence-electron chi connectivity index (χ0n) is 22.1. The third-order valence-corrected chi connectivity index (χ3v) is 7.74. The van der Waals surface area contributed by atoms with Gasteiger partial charge in [0.2, 0.25) is 0 Å². The summed E-state index contributed by atoms with van der Waals surface area (Å²) >= 11 is 1.27. The van der Waals surface area contributed by atoms with Gasteiger partial charge in [0, 0.05) is 22.2 Å². The predicted molar refractivity (Wildman–Crippen MR) is 162 cm³/mol. The van der Waals surface area contributed by atoms with Crippen LogP contribution in [0.3, 0.4) is 0 Å². The number of pyridine rings is 1. The Hall–Kier alpha value is -4.55. The fraction of sp³-hybridized carbons (Fsp3) is 0.121. The van der Waals surface area contributed by atoms with Crippen molar-refractivity contribution in [1.82, 2.24) is 4.98 Å². The highest BCUT2D eigenvalue weighted by Gasteiger charge is 2.19. The zero-order chi connectivity index (χ0) is 27.5. The van der Waals surface area contributed by atoms with E-state index in [1.54, 1.807) is 30.3 Å². The molecule has 5 nitrogen and oxygen atoms in total. The van der Waals surface area contributed by atoms with Gasteiger partial charge in [0.05, 0.1) is 11.4 Å². The molecule has 39 heavy (non-hydrogen) atoms. The normalized spacial score (nSPS) is 11.4. The SMILES string of the molecule is Cc1cc2c(N)c(C(=O)Nc3ccc(C(=O)C=Cc4ccc(C(C)C)cc4)cc3)sc2nc1-c1ccccc1. The van der Waals surface area contributed by atoms with Crippen LogP contribution in [0.25, 0.3) is 27.6 Å². The lowest BCUT2D eigenvalue weighted by Gasteiger charge is -2.06. The van der Waals surface area contributed by atoms with Crippen molar-refractivity contribution >= 4 is 50.7 Å². The van der Waals surface area contributed by atoms with E-state index in [1.165, 1.54) is 16.9 Å². The third kappa shape index (κ3) is 5.66. The van der Waals surface area contributed by atoms with Crippen molar-refractivity contribution in [2.45, 2.75) is 26.7 Å². The van der Waals surface area contributed by atoms with Crippen molar-refractivity contribution < 1.29 is 9.59 Å².